The fourth-order valence-electron chi connectivity index (χ4n) is 3.17. The number of nitrogens with one attached hydrogen (secondary N) is 2. The third-order valence-electron chi connectivity index (χ3n) is 5.40. The molecule has 0 radical (unpaired) electrons. The molecule has 0 fully saturated rings. The predicted octanol–water partition coefficient (Wildman–Crippen LogP) is 1.44. The van der Waals surface area contributed by atoms with E-state index in [9.17, 15) is 19.8 Å². The van der Waals surface area contributed by atoms with E-state index in [0.29, 0.717) is 24.5 Å². The Hall–Kier alpha value is -2.89. The maximum absolute atomic E-state index is 12.3. The molecule has 0 aliphatic carbocycles. The lowest BCUT2D eigenvalue weighted by Gasteiger charge is -2.26. The van der Waals surface area contributed by atoms with Crippen molar-refractivity contribution in [2.24, 2.45) is 5.41 Å². The average molecular weight is 506 g/mol. The third-order valence-corrected chi connectivity index (χ3v) is 6.52. The minimum absolute atomic E-state index is 0.0779. The molecule has 4 N–H and O–H groups in total. The van der Waals surface area contributed by atoms with E-state index in [4.69, 9.17) is 4.74 Å². The Morgan fingerprint density at radius 3 is 2.77 bits per heavy atom. The number of ether oxygens (including phenoxy) is 1. The van der Waals surface area contributed by atoms with Crippen LogP contribution in [0.1, 0.15) is 33.4 Å². The number of aliphatic hydroxyl groups excluding tert-OH is 2. The minimum atomic E-state index is -1.35. The molecule has 2 heterocycles. The van der Waals surface area contributed by atoms with Crippen molar-refractivity contribution in [3.8, 4) is 0 Å². The van der Waals surface area contributed by atoms with Crippen LogP contribution < -0.4 is 10.6 Å². The topological polar surface area (TPSA) is 139 Å². The molecule has 0 aromatic carbocycles. The molecular weight excluding hydrogens is 470 g/mol. The second kappa shape index (κ2) is 12.2. The summed E-state index contributed by atoms with van der Waals surface area (Å²) in [6.45, 7) is 15.2. The summed E-state index contributed by atoms with van der Waals surface area (Å²) in [5.74, 6) is -0.205. The molecule has 0 spiro atoms. The molecule has 0 unspecified atom stereocenters. The Morgan fingerprint density at radius 2 is 2.11 bits per heavy atom. The predicted molar refractivity (Wildman–Crippen MR) is 135 cm³/mol. The van der Waals surface area contributed by atoms with E-state index >= 15 is 0 Å². The summed E-state index contributed by atoms with van der Waals surface area (Å²) in [6, 6.07) is 0. The average Bonchev–Trinajstić information content (AvgIpc) is 3.37. The molecular formula is C24H35N5O5S. The van der Waals surface area contributed by atoms with Crippen LogP contribution in [0.5, 0.6) is 0 Å². The SMILES string of the molecule is C=C/C(C)=C/[C@@]1(C)SC(=C)C=C1OCC(=O)NCCn1cc(CNC(=O)[C@H](O)C(C)(C)CO)nn1. The zero-order chi connectivity index (χ0) is 26.2. The van der Waals surface area contributed by atoms with E-state index in [-0.39, 0.29) is 25.7 Å². The Kier molecular flexibility index (Phi) is 9.87. The van der Waals surface area contributed by atoms with Gasteiger partial charge in [0.05, 0.1) is 30.6 Å². The van der Waals surface area contributed by atoms with Crippen LogP contribution in [-0.2, 0) is 27.4 Å². The Labute approximate surface area is 210 Å². The van der Waals surface area contributed by atoms with Crippen LogP contribution in [-0.4, -0.2) is 67.6 Å². The zero-order valence-corrected chi connectivity index (χ0v) is 21.5. The number of thioether (sulfide) groups is 1. The third kappa shape index (κ3) is 8.08. The molecule has 1 aliphatic rings. The molecule has 1 aromatic heterocycles. The Morgan fingerprint density at radius 1 is 1.40 bits per heavy atom. The van der Waals surface area contributed by atoms with Crippen molar-refractivity contribution in [3.63, 3.8) is 0 Å². The van der Waals surface area contributed by atoms with Crippen LogP contribution in [0.4, 0.5) is 0 Å². The number of aliphatic hydroxyl groups is 2. The van der Waals surface area contributed by atoms with Crippen molar-refractivity contribution in [1.82, 2.24) is 25.6 Å². The van der Waals surface area contributed by atoms with E-state index in [1.807, 2.05) is 26.0 Å². The summed E-state index contributed by atoms with van der Waals surface area (Å²) < 4.78 is 6.89. The molecule has 2 amide bonds. The smallest absolute Gasteiger partial charge is 0.257 e. The molecule has 2 rings (SSSR count). The first kappa shape index (κ1) is 28.3. The number of aromatic nitrogens is 3. The summed E-state index contributed by atoms with van der Waals surface area (Å²) >= 11 is 1.56. The minimum Gasteiger partial charge on any atom is -0.486 e. The van der Waals surface area contributed by atoms with Crippen LogP contribution in [0.25, 0.3) is 0 Å². The molecule has 10 nitrogen and oxygen atoms in total. The number of nitrogens with zero attached hydrogens (tertiary/aromatic N) is 3. The van der Waals surface area contributed by atoms with Gasteiger partial charge < -0.3 is 25.6 Å². The number of allylic oxidation sites excluding steroid dienone is 3. The van der Waals surface area contributed by atoms with Gasteiger partial charge in [-0.15, -0.1) is 16.9 Å². The van der Waals surface area contributed by atoms with Crippen molar-refractivity contribution in [2.75, 3.05) is 19.8 Å². The number of rotatable bonds is 13. The second-order valence-corrected chi connectivity index (χ2v) is 10.7. The van der Waals surface area contributed by atoms with Gasteiger partial charge in [0.25, 0.3) is 5.91 Å². The van der Waals surface area contributed by atoms with Gasteiger partial charge in [0.2, 0.25) is 5.91 Å². The van der Waals surface area contributed by atoms with Crippen LogP contribution in [0.15, 0.2) is 53.8 Å². The van der Waals surface area contributed by atoms with Crippen LogP contribution in [0, 0.1) is 5.41 Å². The number of hydrogen-bond donors (Lipinski definition) is 4. The van der Waals surface area contributed by atoms with Gasteiger partial charge in [0, 0.05) is 16.9 Å². The van der Waals surface area contributed by atoms with Gasteiger partial charge in [-0.2, -0.15) is 0 Å². The van der Waals surface area contributed by atoms with E-state index in [0.717, 1.165) is 10.5 Å². The van der Waals surface area contributed by atoms with Crippen LogP contribution in [0.2, 0.25) is 0 Å². The lowest BCUT2D eigenvalue weighted by Crippen LogP contribution is -2.45. The number of carbonyl (C=O) groups is 2. The molecule has 11 heteroatoms. The van der Waals surface area contributed by atoms with Crippen molar-refractivity contribution in [3.05, 3.63) is 59.5 Å². The first-order chi connectivity index (χ1) is 16.4. The maximum atomic E-state index is 12.3. The molecule has 0 bridgehead atoms. The fraction of sp³-hybridized carbons (Fsp3) is 0.500. The number of hydrogen-bond acceptors (Lipinski definition) is 8. The first-order valence-corrected chi connectivity index (χ1v) is 12.0. The highest BCUT2D eigenvalue weighted by molar-refractivity contribution is 8.05. The van der Waals surface area contributed by atoms with Gasteiger partial charge in [0.1, 0.15) is 17.6 Å². The molecule has 192 valence electrons. The van der Waals surface area contributed by atoms with Gasteiger partial charge >= 0.3 is 0 Å². The monoisotopic (exact) mass is 505 g/mol. The largest absolute Gasteiger partial charge is 0.486 e. The molecule has 0 saturated heterocycles. The van der Waals surface area contributed by atoms with E-state index < -0.39 is 22.2 Å². The molecule has 0 saturated carbocycles. The fourth-order valence-corrected chi connectivity index (χ4v) is 4.34. The van der Waals surface area contributed by atoms with E-state index in [2.05, 4.69) is 34.1 Å². The van der Waals surface area contributed by atoms with Gasteiger partial charge in [-0.25, -0.2) is 0 Å². The van der Waals surface area contributed by atoms with Gasteiger partial charge in [0.15, 0.2) is 6.61 Å². The maximum Gasteiger partial charge on any atom is 0.257 e. The summed E-state index contributed by atoms with van der Waals surface area (Å²) in [4.78, 5) is 25.2. The van der Waals surface area contributed by atoms with Crippen molar-refractivity contribution in [2.45, 2.75) is 51.6 Å². The molecule has 1 aliphatic heterocycles. The highest BCUT2D eigenvalue weighted by Crippen LogP contribution is 2.46. The van der Waals surface area contributed by atoms with Crippen molar-refractivity contribution in [1.29, 1.82) is 0 Å². The van der Waals surface area contributed by atoms with E-state index in [1.54, 1.807) is 37.9 Å². The Balaban J connectivity index is 1.76. The summed E-state index contributed by atoms with van der Waals surface area (Å²) in [6.07, 6.45) is 5.92. The summed E-state index contributed by atoms with van der Waals surface area (Å²) in [7, 11) is 0. The quantitative estimate of drug-likeness (QED) is 0.296. The van der Waals surface area contributed by atoms with Crippen LogP contribution >= 0.6 is 11.8 Å². The molecule has 1 aromatic rings. The number of carbonyl (C=O) groups excluding carboxylic acids is 2. The van der Waals surface area contributed by atoms with E-state index in [1.165, 1.54) is 4.68 Å². The molecule has 2 atom stereocenters. The summed E-state index contributed by atoms with van der Waals surface area (Å²) in [5, 5.41) is 32.6. The lowest BCUT2D eigenvalue weighted by atomic mass is 9.87. The highest BCUT2D eigenvalue weighted by atomic mass is 32.2. The normalized spacial score (nSPS) is 19.2. The highest BCUT2D eigenvalue weighted by Gasteiger charge is 2.35. The lowest BCUT2D eigenvalue weighted by molar-refractivity contribution is -0.137. The second-order valence-electron chi connectivity index (χ2n) is 9.16. The van der Waals surface area contributed by atoms with Gasteiger partial charge in [-0.05, 0) is 19.9 Å². The number of amides is 2. The van der Waals surface area contributed by atoms with Gasteiger partial charge in [-0.1, -0.05) is 49.9 Å². The van der Waals surface area contributed by atoms with Crippen molar-refractivity contribution < 1.29 is 24.5 Å². The van der Waals surface area contributed by atoms with Crippen LogP contribution in [0.3, 0.4) is 0 Å². The standard InChI is InChI=1S/C24H35N5O5S/c1-7-16(2)11-24(6)19(10-17(3)35-24)34-14-20(31)25-8-9-29-13-18(27-28-29)12-26-22(33)21(32)23(4,5)15-30/h7,10-11,13,21,30,32H,1,3,8-9,12,14-15H2,2,4-6H3,(H,25,31)(H,26,33)/b16-11+/t21-,24+/m0/s1. The molecule has 35 heavy (non-hydrogen) atoms. The van der Waals surface area contributed by atoms with Crippen molar-refractivity contribution >= 4 is 23.6 Å². The van der Waals surface area contributed by atoms with Gasteiger partial charge in [-0.3, -0.25) is 14.3 Å². The first-order valence-electron chi connectivity index (χ1n) is 11.2. The Bertz CT molecular complexity index is 1020. The zero-order valence-electron chi connectivity index (χ0n) is 20.7. The summed E-state index contributed by atoms with van der Waals surface area (Å²) in [5.41, 5.74) is 0.547.